The van der Waals surface area contributed by atoms with Gasteiger partial charge >= 0.3 is 0 Å². The molecule has 1 atom stereocenters. The summed E-state index contributed by atoms with van der Waals surface area (Å²) in [4.78, 5) is 2.56. The number of nitrogens with zero attached hydrogens (tertiary/aromatic N) is 1. The van der Waals surface area contributed by atoms with Crippen LogP contribution >= 0.6 is 15.9 Å². The van der Waals surface area contributed by atoms with Gasteiger partial charge in [-0.3, -0.25) is 0 Å². The standard InChI is InChI=1S/C17H27BrN2O/c1-3-4-14-7-9-20(13-14)17-6-5-16(18)11-15(17)12-19-8-10-21-2/h5-6,11,14,19H,3-4,7-10,12-13H2,1-2H3. The van der Waals surface area contributed by atoms with E-state index >= 15 is 0 Å². The maximum absolute atomic E-state index is 5.09. The molecule has 0 aliphatic carbocycles. The van der Waals surface area contributed by atoms with Crippen LogP contribution in [-0.4, -0.2) is 33.4 Å². The number of ether oxygens (including phenoxy) is 1. The molecule has 1 N–H and O–H groups in total. The number of methoxy groups -OCH3 is 1. The van der Waals surface area contributed by atoms with Gasteiger partial charge in [-0.25, -0.2) is 0 Å². The molecule has 1 aliphatic heterocycles. The first-order valence-corrected chi connectivity index (χ1v) is 8.77. The van der Waals surface area contributed by atoms with Crippen molar-refractivity contribution in [2.45, 2.75) is 32.7 Å². The van der Waals surface area contributed by atoms with Gasteiger partial charge in [0.1, 0.15) is 0 Å². The lowest BCUT2D eigenvalue weighted by Gasteiger charge is -2.23. The van der Waals surface area contributed by atoms with Crippen molar-refractivity contribution in [2.24, 2.45) is 5.92 Å². The summed E-state index contributed by atoms with van der Waals surface area (Å²) in [5, 5.41) is 3.46. The number of benzene rings is 1. The van der Waals surface area contributed by atoms with E-state index in [1.54, 1.807) is 7.11 Å². The van der Waals surface area contributed by atoms with Crippen molar-refractivity contribution in [3.63, 3.8) is 0 Å². The minimum Gasteiger partial charge on any atom is -0.383 e. The predicted molar refractivity (Wildman–Crippen MR) is 93.0 cm³/mol. The Kier molecular flexibility index (Phi) is 7.00. The van der Waals surface area contributed by atoms with Crippen molar-refractivity contribution in [3.8, 4) is 0 Å². The third-order valence-electron chi connectivity index (χ3n) is 4.16. The minimum atomic E-state index is 0.756. The monoisotopic (exact) mass is 354 g/mol. The molecular weight excluding hydrogens is 328 g/mol. The minimum absolute atomic E-state index is 0.756. The highest BCUT2D eigenvalue weighted by molar-refractivity contribution is 9.10. The second-order valence-electron chi connectivity index (χ2n) is 5.83. The van der Waals surface area contributed by atoms with Crippen LogP contribution in [0.15, 0.2) is 22.7 Å². The molecule has 1 heterocycles. The smallest absolute Gasteiger partial charge is 0.0587 e. The molecule has 0 spiro atoms. The highest BCUT2D eigenvalue weighted by atomic mass is 79.9. The van der Waals surface area contributed by atoms with Crippen LogP contribution in [0.2, 0.25) is 0 Å². The molecule has 1 aliphatic rings. The fourth-order valence-corrected chi connectivity index (χ4v) is 3.51. The summed E-state index contributed by atoms with van der Waals surface area (Å²) in [6.45, 7) is 7.23. The van der Waals surface area contributed by atoms with Gasteiger partial charge in [0.2, 0.25) is 0 Å². The van der Waals surface area contributed by atoms with Crippen LogP contribution in [0, 0.1) is 5.92 Å². The summed E-state index contributed by atoms with van der Waals surface area (Å²) < 4.78 is 6.24. The zero-order valence-corrected chi connectivity index (χ0v) is 14.8. The van der Waals surface area contributed by atoms with Gasteiger partial charge in [0, 0.05) is 43.4 Å². The number of halogens is 1. The Labute approximate surface area is 137 Å². The van der Waals surface area contributed by atoms with E-state index in [2.05, 4.69) is 51.3 Å². The lowest BCUT2D eigenvalue weighted by molar-refractivity contribution is 0.199. The molecular formula is C17H27BrN2O. The molecule has 1 saturated heterocycles. The summed E-state index contributed by atoms with van der Waals surface area (Å²) >= 11 is 3.59. The largest absolute Gasteiger partial charge is 0.383 e. The van der Waals surface area contributed by atoms with Crippen LogP contribution in [0.5, 0.6) is 0 Å². The van der Waals surface area contributed by atoms with Crippen molar-refractivity contribution < 1.29 is 4.74 Å². The van der Waals surface area contributed by atoms with Gasteiger partial charge in [-0.2, -0.15) is 0 Å². The third-order valence-corrected chi connectivity index (χ3v) is 4.66. The Bertz CT molecular complexity index is 439. The van der Waals surface area contributed by atoms with Gasteiger partial charge in [-0.15, -0.1) is 0 Å². The molecule has 0 bridgehead atoms. The first-order valence-electron chi connectivity index (χ1n) is 7.97. The number of rotatable bonds is 8. The van der Waals surface area contributed by atoms with Gasteiger partial charge in [-0.1, -0.05) is 29.3 Å². The SMILES string of the molecule is CCCC1CCN(c2ccc(Br)cc2CNCCOC)C1. The first kappa shape index (κ1) is 16.8. The summed E-state index contributed by atoms with van der Waals surface area (Å²) in [5.41, 5.74) is 2.76. The van der Waals surface area contributed by atoms with Crippen molar-refractivity contribution in [1.82, 2.24) is 5.32 Å². The molecule has 1 unspecified atom stereocenters. The Balaban J connectivity index is 2.01. The average Bonchev–Trinajstić information content (AvgIpc) is 2.93. The van der Waals surface area contributed by atoms with Crippen LogP contribution in [0.3, 0.4) is 0 Å². The fraction of sp³-hybridized carbons (Fsp3) is 0.647. The van der Waals surface area contributed by atoms with Gasteiger partial charge in [0.15, 0.2) is 0 Å². The van der Waals surface area contributed by atoms with Crippen molar-refractivity contribution in [3.05, 3.63) is 28.2 Å². The van der Waals surface area contributed by atoms with Gasteiger partial charge < -0.3 is 15.0 Å². The van der Waals surface area contributed by atoms with E-state index < -0.39 is 0 Å². The van der Waals surface area contributed by atoms with Crippen LogP contribution < -0.4 is 10.2 Å². The Morgan fingerprint density at radius 2 is 2.29 bits per heavy atom. The van der Waals surface area contributed by atoms with E-state index in [1.165, 1.54) is 43.6 Å². The zero-order valence-electron chi connectivity index (χ0n) is 13.2. The molecule has 1 aromatic carbocycles. The second-order valence-corrected chi connectivity index (χ2v) is 6.75. The summed E-state index contributed by atoms with van der Waals surface area (Å²) in [7, 11) is 1.74. The van der Waals surface area contributed by atoms with Crippen LogP contribution in [0.4, 0.5) is 5.69 Å². The molecule has 2 rings (SSSR count). The molecule has 0 saturated carbocycles. The zero-order chi connectivity index (χ0) is 15.1. The molecule has 1 fully saturated rings. The third kappa shape index (κ3) is 4.97. The number of nitrogens with one attached hydrogen (secondary N) is 1. The molecule has 1 aromatic rings. The molecule has 0 aromatic heterocycles. The molecule has 0 radical (unpaired) electrons. The fourth-order valence-electron chi connectivity index (χ4n) is 3.10. The predicted octanol–water partition coefficient (Wildman–Crippen LogP) is 3.81. The van der Waals surface area contributed by atoms with E-state index in [4.69, 9.17) is 4.74 Å². The van der Waals surface area contributed by atoms with Crippen molar-refractivity contribution in [1.29, 1.82) is 0 Å². The highest BCUT2D eigenvalue weighted by Gasteiger charge is 2.23. The summed E-state index contributed by atoms with van der Waals surface area (Å²) in [6.07, 6.45) is 3.99. The number of hydrogen-bond donors (Lipinski definition) is 1. The summed E-state index contributed by atoms with van der Waals surface area (Å²) in [5.74, 6) is 0.868. The maximum Gasteiger partial charge on any atom is 0.0587 e. The molecule has 21 heavy (non-hydrogen) atoms. The van der Waals surface area contributed by atoms with E-state index in [0.717, 1.165) is 30.1 Å². The quantitative estimate of drug-likeness (QED) is 0.718. The normalized spacial score (nSPS) is 18.4. The molecule has 4 heteroatoms. The Morgan fingerprint density at radius 1 is 1.43 bits per heavy atom. The van der Waals surface area contributed by atoms with Crippen molar-refractivity contribution in [2.75, 3.05) is 38.3 Å². The van der Waals surface area contributed by atoms with E-state index in [0.29, 0.717) is 0 Å². The number of hydrogen-bond acceptors (Lipinski definition) is 3. The van der Waals surface area contributed by atoms with Gasteiger partial charge in [0.05, 0.1) is 6.61 Å². The van der Waals surface area contributed by atoms with E-state index in [9.17, 15) is 0 Å². The van der Waals surface area contributed by atoms with Crippen LogP contribution in [-0.2, 0) is 11.3 Å². The topological polar surface area (TPSA) is 24.5 Å². The first-order chi connectivity index (χ1) is 10.2. The van der Waals surface area contributed by atoms with E-state index in [1.807, 2.05) is 0 Å². The summed E-state index contributed by atoms with van der Waals surface area (Å²) in [6, 6.07) is 6.65. The van der Waals surface area contributed by atoms with Crippen LogP contribution in [0.25, 0.3) is 0 Å². The molecule has 3 nitrogen and oxygen atoms in total. The lowest BCUT2D eigenvalue weighted by atomic mass is 10.0. The highest BCUT2D eigenvalue weighted by Crippen LogP contribution is 2.30. The van der Waals surface area contributed by atoms with Gasteiger partial charge in [0.25, 0.3) is 0 Å². The Morgan fingerprint density at radius 3 is 3.05 bits per heavy atom. The second kappa shape index (κ2) is 8.76. The van der Waals surface area contributed by atoms with Gasteiger partial charge in [-0.05, 0) is 42.5 Å². The average molecular weight is 355 g/mol. The van der Waals surface area contributed by atoms with E-state index in [-0.39, 0.29) is 0 Å². The van der Waals surface area contributed by atoms with Crippen molar-refractivity contribution >= 4 is 21.6 Å². The number of anilines is 1. The molecule has 0 amide bonds. The lowest BCUT2D eigenvalue weighted by Crippen LogP contribution is -2.24. The maximum atomic E-state index is 5.09. The van der Waals surface area contributed by atoms with Crippen LogP contribution in [0.1, 0.15) is 31.7 Å². The Hall–Kier alpha value is -0.580. The molecule has 118 valence electrons.